The Morgan fingerprint density at radius 2 is 1.80 bits per heavy atom. The molecule has 0 saturated heterocycles. The zero-order valence-corrected chi connectivity index (χ0v) is 13.3. The molecule has 1 aromatic rings. The predicted octanol–water partition coefficient (Wildman–Crippen LogP) is 0.856. The Kier molecular flexibility index (Phi) is 5.79. The molecule has 0 spiro atoms. The second kappa shape index (κ2) is 6.92. The predicted molar refractivity (Wildman–Crippen MR) is 78.8 cm³/mol. The molecular weight excluding hydrogens is 280 g/mol. The normalized spacial score (nSPS) is 13.3. The van der Waals surface area contributed by atoms with Crippen LogP contribution in [0.5, 0.6) is 11.5 Å². The second-order valence-electron chi connectivity index (χ2n) is 4.71. The molecule has 1 aromatic carbocycles. The number of likely N-dealkylation sites (N-methyl/N-ethyl adjacent to an activating group) is 1. The first kappa shape index (κ1) is 16.7. The highest BCUT2D eigenvalue weighted by Gasteiger charge is 2.18. The van der Waals surface area contributed by atoms with Crippen LogP contribution in [0.2, 0.25) is 0 Å². The lowest BCUT2D eigenvalue weighted by Crippen LogP contribution is -2.33. The number of hydrogen-bond donors (Lipinski definition) is 1. The monoisotopic (exact) mass is 302 g/mol. The summed E-state index contributed by atoms with van der Waals surface area (Å²) in [4.78, 5) is 1.94. The smallest absolute Gasteiger partial charge is 0.208 e. The quantitative estimate of drug-likeness (QED) is 0.809. The second-order valence-corrected chi connectivity index (χ2v) is 6.55. The average molecular weight is 302 g/mol. The SMILES string of the molecule is COc1ccc(C(CNS(C)(=O)=O)N(C)C)cc1OC. The Labute approximate surface area is 120 Å². The topological polar surface area (TPSA) is 67.9 Å². The van der Waals surface area contributed by atoms with Crippen molar-refractivity contribution in [3.05, 3.63) is 23.8 Å². The van der Waals surface area contributed by atoms with Gasteiger partial charge in [0.1, 0.15) is 0 Å². The van der Waals surface area contributed by atoms with Gasteiger partial charge in [-0.05, 0) is 31.8 Å². The minimum Gasteiger partial charge on any atom is -0.493 e. The summed E-state index contributed by atoms with van der Waals surface area (Å²) in [7, 11) is 3.71. The lowest BCUT2D eigenvalue weighted by Gasteiger charge is -2.25. The molecule has 7 heteroatoms. The number of benzene rings is 1. The lowest BCUT2D eigenvalue weighted by atomic mass is 10.1. The highest BCUT2D eigenvalue weighted by Crippen LogP contribution is 2.31. The summed E-state index contributed by atoms with van der Waals surface area (Å²) in [6.07, 6.45) is 1.15. The fourth-order valence-electron chi connectivity index (χ4n) is 1.89. The van der Waals surface area contributed by atoms with E-state index in [1.165, 1.54) is 0 Å². The van der Waals surface area contributed by atoms with Gasteiger partial charge in [-0.15, -0.1) is 0 Å². The van der Waals surface area contributed by atoms with Crippen LogP contribution in [0.3, 0.4) is 0 Å². The Morgan fingerprint density at radius 3 is 2.25 bits per heavy atom. The van der Waals surface area contributed by atoms with Crippen molar-refractivity contribution in [2.75, 3.05) is 41.1 Å². The van der Waals surface area contributed by atoms with Gasteiger partial charge in [0.25, 0.3) is 0 Å². The van der Waals surface area contributed by atoms with Crippen molar-refractivity contribution < 1.29 is 17.9 Å². The Bertz CT molecular complexity index is 543. The molecule has 0 aliphatic heterocycles. The molecule has 0 radical (unpaired) electrons. The van der Waals surface area contributed by atoms with Crippen LogP contribution in [0.4, 0.5) is 0 Å². The zero-order valence-electron chi connectivity index (χ0n) is 12.5. The molecule has 1 atom stereocenters. The van der Waals surface area contributed by atoms with Gasteiger partial charge in [-0.1, -0.05) is 6.07 Å². The van der Waals surface area contributed by atoms with Gasteiger partial charge in [-0.3, -0.25) is 0 Å². The van der Waals surface area contributed by atoms with E-state index in [0.717, 1.165) is 11.8 Å². The van der Waals surface area contributed by atoms with E-state index in [9.17, 15) is 8.42 Å². The van der Waals surface area contributed by atoms with Crippen LogP contribution in [-0.2, 0) is 10.0 Å². The first-order valence-corrected chi connectivity index (χ1v) is 8.00. The van der Waals surface area contributed by atoms with Crippen LogP contribution in [0.15, 0.2) is 18.2 Å². The van der Waals surface area contributed by atoms with Gasteiger partial charge in [-0.25, -0.2) is 13.1 Å². The van der Waals surface area contributed by atoms with Crippen LogP contribution in [0.25, 0.3) is 0 Å². The van der Waals surface area contributed by atoms with E-state index < -0.39 is 10.0 Å². The van der Waals surface area contributed by atoms with Gasteiger partial charge in [0.05, 0.1) is 20.5 Å². The standard InChI is InChI=1S/C13H22N2O4S/c1-15(2)11(9-14-20(5,16)17)10-6-7-12(18-3)13(8-10)19-4/h6-8,11,14H,9H2,1-5H3. The lowest BCUT2D eigenvalue weighted by molar-refractivity contribution is 0.297. The summed E-state index contributed by atoms with van der Waals surface area (Å²) in [5, 5.41) is 0. The van der Waals surface area contributed by atoms with Gasteiger partial charge >= 0.3 is 0 Å². The van der Waals surface area contributed by atoms with Gasteiger partial charge in [0.15, 0.2) is 11.5 Å². The van der Waals surface area contributed by atoms with Crippen LogP contribution >= 0.6 is 0 Å². The van der Waals surface area contributed by atoms with Crippen molar-refractivity contribution >= 4 is 10.0 Å². The maximum atomic E-state index is 11.2. The average Bonchev–Trinajstić information content (AvgIpc) is 2.36. The maximum Gasteiger partial charge on any atom is 0.208 e. The van der Waals surface area contributed by atoms with Crippen molar-refractivity contribution in [2.24, 2.45) is 0 Å². The minimum absolute atomic E-state index is 0.0930. The van der Waals surface area contributed by atoms with Gasteiger partial charge in [0, 0.05) is 12.6 Å². The molecule has 1 rings (SSSR count). The summed E-state index contributed by atoms with van der Waals surface area (Å²) in [6, 6.07) is 5.47. The van der Waals surface area contributed by atoms with Crippen molar-refractivity contribution in [2.45, 2.75) is 6.04 Å². The Morgan fingerprint density at radius 1 is 1.20 bits per heavy atom. The first-order chi connectivity index (χ1) is 9.28. The zero-order chi connectivity index (χ0) is 15.3. The molecule has 1 unspecified atom stereocenters. The van der Waals surface area contributed by atoms with Gasteiger partial charge in [-0.2, -0.15) is 0 Å². The molecule has 114 valence electrons. The van der Waals surface area contributed by atoms with E-state index >= 15 is 0 Å². The van der Waals surface area contributed by atoms with E-state index in [2.05, 4.69) is 4.72 Å². The van der Waals surface area contributed by atoms with E-state index in [4.69, 9.17) is 9.47 Å². The van der Waals surface area contributed by atoms with Crippen molar-refractivity contribution in [1.29, 1.82) is 0 Å². The molecule has 20 heavy (non-hydrogen) atoms. The molecule has 1 N–H and O–H groups in total. The number of hydrogen-bond acceptors (Lipinski definition) is 5. The van der Waals surface area contributed by atoms with E-state index in [0.29, 0.717) is 18.0 Å². The number of nitrogens with one attached hydrogen (secondary N) is 1. The number of nitrogens with zero attached hydrogens (tertiary/aromatic N) is 1. The third-order valence-electron chi connectivity index (χ3n) is 2.95. The minimum atomic E-state index is -3.22. The maximum absolute atomic E-state index is 11.2. The number of sulfonamides is 1. The summed E-state index contributed by atoms with van der Waals surface area (Å²) in [5.41, 5.74) is 0.948. The molecular formula is C13H22N2O4S. The molecule has 0 fully saturated rings. The largest absolute Gasteiger partial charge is 0.493 e. The van der Waals surface area contributed by atoms with E-state index in [1.807, 2.05) is 37.2 Å². The fourth-order valence-corrected chi connectivity index (χ4v) is 2.35. The highest BCUT2D eigenvalue weighted by molar-refractivity contribution is 7.88. The van der Waals surface area contributed by atoms with Gasteiger partial charge in [0.2, 0.25) is 10.0 Å². The van der Waals surface area contributed by atoms with E-state index in [-0.39, 0.29) is 6.04 Å². The first-order valence-electron chi connectivity index (χ1n) is 6.11. The number of rotatable bonds is 7. The van der Waals surface area contributed by atoms with Crippen molar-refractivity contribution in [1.82, 2.24) is 9.62 Å². The molecule has 0 aliphatic carbocycles. The summed E-state index contributed by atoms with van der Waals surface area (Å²) in [6.45, 7) is 0.293. The highest BCUT2D eigenvalue weighted by atomic mass is 32.2. The summed E-state index contributed by atoms with van der Waals surface area (Å²) < 4.78 is 35.5. The Hall–Kier alpha value is -1.31. The third-order valence-corrected chi connectivity index (χ3v) is 3.65. The van der Waals surface area contributed by atoms with Crippen LogP contribution in [0, 0.1) is 0 Å². The van der Waals surface area contributed by atoms with E-state index in [1.54, 1.807) is 14.2 Å². The molecule has 0 aliphatic rings. The van der Waals surface area contributed by atoms with Crippen molar-refractivity contribution in [3.8, 4) is 11.5 Å². The third kappa shape index (κ3) is 4.66. The summed E-state index contributed by atoms with van der Waals surface area (Å²) in [5.74, 6) is 1.26. The number of ether oxygens (including phenoxy) is 2. The van der Waals surface area contributed by atoms with Crippen molar-refractivity contribution in [3.63, 3.8) is 0 Å². The Balaban J connectivity index is 3.03. The molecule has 6 nitrogen and oxygen atoms in total. The number of methoxy groups -OCH3 is 2. The fraction of sp³-hybridized carbons (Fsp3) is 0.538. The molecule has 0 heterocycles. The summed E-state index contributed by atoms with van der Waals surface area (Å²) >= 11 is 0. The van der Waals surface area contributed by atoms with Crippen LogP contribution in [-0.4, -0.2) is 54.4 Å². The molecule has 0 saturated carbocycles. The van der Waals surface area contributed by atoms with Gasteiger partial charge < -0.3 is 14.4 Å². The van der Waals surface area contributed by atoms with Crippen LogP contribution in [0.1, 0.15) is 11.6 Å². The van der Waals surface area contributed by atoms with Crippen LogP contribution < -0.4 is 14.2 Å². The molecule has 0 aromatic heterocycles. The molecule has 0 amide bonds. The molecule has 0 bridgehead atoms.